The summed E-state index contributed by atoms with van der Waals surface area (Å²) in [7, 11) is 1.85. The van der Waals surface area contributed by atoms with Crippen molar-refractivity contribution in [2.24, 2.45) is 5.92 Å². The Labute approximate surface area is 123 Å². The summed E-state index contributed by atoms with van der Waals surface area (Å²) < 4.78 is 6.70. The van der Waals surface area contributed by atoms with Gasteiger partial charge in [0.25, 0.3) is 0 Å². The van der Waals surface area contributed by atoms with E-state index in [2.05, 4.69) is 6.92 Å². The molecule has 3 rings (SSSR count). The Morgan fingerprint density at radius 3 is 2.86 bits per heavy atom. The van der Waals surface area contributed by atoms with Crippen LogP contribution in [0.3, 0.4) is 0 Å². The number of amides is 1. The fourth-order valence-corrected chi connectivity index (χ4v) is 2.73. The van der Waals surface area contributed by atoms with Gasteiger partial charge in [0.2, 0.25) is 5.91 Å². The smallest absolute Gasteiger partial charge is 0.408 e. The summed E-state index contributed by atoms with van der Waals surface area (Å²) in [4.78, 5) is 25.9. The Balaban J connectivity index is 1.70. The first-order valence-electron chi connectivity index (χ1n) is 7.42. The van der Waals surface area contributed by atoms with Crippen molar-refractivity contribution in [2.45, 2.75) is 38.8 Å². The quantitative estimate of drug-likeness (QED) is 0.848. The lowest BCUT2D eigenvalue weighted by Crippen LogP contribution is -2.37. The standard InChI is InChI=1S/C16H20N2O3/c1-11(12-7-8-12)17(2)15(19)9-10-18-13-5-3-4-6-14(13)21-16(18)20/h3-6,11-12H,7-10H2,1-2H3. The van der Waals surface area contributed by atoms with E-state index in [-0.39, 0.29) is 11.9 Å². The lowest BCUT2D eigenvalue weighted by atomic mass is 10.2. The largest absolute Gasteiger partial charge is 0.419 e. The van der Waals surface area contributed by atoms with Crippen LogP contribution in [0.4, 0.5) is 0 Å². The first-order chi connectivity index (χ1) is 10.1. The van der Waals surface area contributed by atoms with Crippen LogP contribution in [0.25, 0.3) is 11.1 Å². The Hall–Kier alpha value is -2.04. The van der Waals surface area contributed by atoms with E-state index >= 15 is 0 Å². The second-order valence-electron chi connectivity index (χ2n) is 5.82. The summed E-state index contributed by atoms with van der Waals surface area (Å²) >= 11 is 0. The Kier molecular flexibility index (Phi) is 3.57. The number of hydrogen-bond acceptors (Lipinski definition) is 3. The number of aryl methyl sites for hydroxylation is 1. The first kappa shape index (κ1) is 13.9. The summed E-state index contributed by atoms with van der Waals surface area (Å²) in [6.07, 6.45) is 2.74. The number of carbonyl (C=O) groups is 1. The molecule has 1 aliphatic carbocycles. The van der Waals surface area contributed by atoms with E-state index in [0.717, 1.165) is 5.52 Å². The van der Waals surface area contributed by atoms with Gasteiger partial charge >= 0.3 is 5.76 Å². The third-order valence-electron chi connectivity index (χ3n) is 4.43. The molecule has 5 nitrogen and oxygen atoms in total. The average Bonchev–Trinajstić information content (AvgIpc) is 3.27. The Bertz CT molecular complexity index is 712. The molecule has 0 radical (unpaired) electrons. The van der Waals surface area contributed by atoms with E-state index in [0.29, 0.717) is 24.5 Å². The lowest BCUT2D eigenvalue weighted by molar-refractivity contribution is -0.132. The molecule has 0 spiro atoms. The van der Waals surface area contributed by atoms with Crippen molar-refractivity contribution in [3.05, 3.63) is 34.8 Å². The van der Waals surface area contributed by atoms with Gasteiger partial charge in [-0.05, 0) is 37.8 Å². The molecule has 21 heavy (non-hydrogen) atoms. The minimum atomic E-state index is -0.401. The molecule has 1 amide bonds. The molecule has 0 aliphatic heterocycles. The summed E-state index contributed by atoms with van der Waals surface area (Å²) in [5, 5.41) is 0. The maximum absolute atomic E-state index is 12.2. The molecular weight excluding hydrogens is 268 g/mol. The van der Waals surface area contributed by atoms with E-state index in [1.807, 2.05) is 30.1 Å². The number of carbonyl (C=O) groups excluding carboxylic acids is 1. The number of rotatable bonds is 5. The number of aromatic nitrogens is 1. The molecular formula is C16H20N2O3. The van der Waals surface area contributed by atoms with E-state index in [4.69, 9.17) is 4.42 Å². The van der Waals surface area contributed by atoms with Crippen molar-refractivity contribution in [2.75, 3.05) is 7.05 Å². The van der Waals surface area contributed by atoms with Crippen molar-refractivity contribution in [1.29, 1.82) is 0 Å². The van der Waals surface area contributed by atoms with Crippen molar-refractivity contribution in [1.82, 2.24) is 9.47 Å². The van der Waals surface area contributed by atoms with Gasteiger partial charge in [0.15, 0.2) is 5.58 Å². The van der Waals surface area contributed by atoms with Crippen molar-refractivity contribution >= 4 is 17.0 Å². The molecule has 1 aliphatic rings. The van der Waals surface area contributed by atoms with Gasteiger partial charge in [-0.25, -0.2) is 4.79 Å². The Morgan fingerprint density at radius 2 is 2.14 bits per heavy atom. The third kappa shape index (κ3) is 2.73. The van der Waals surface area contributed by atoms with Gasteiger partial charge in [-0.1, -0.05) is 12.1 Å². The highest BCUT2D eigenvalue weighted by Gasteiger charge is 2.32. The molecule has 1 aromatic heterocycles. The van der Waals surface area contributed by atoms with Gasteiger partial charge < -0.3 is 9.32 Å². The second-order valence-corrected chi connectivity index (χ2v) is 5.82. The van der Waals surface area contributed by atoms with E-state index in [9.17, 15) is 9.59 Å². The summed E-state index contributed by atoms with van der Waals surface area (Å²) in [5.74, 6) is 0.324. The number of hydrogen-bond donors (Lipinski definition) is 0. The molecule has 5 heteroatoms. The molecule has 1 heterocycles. The molecule has 2 aromatic rings. The fourth-order valence-electron chi connectivity index (χ4n) is 2.73. The monoisotopic (exact) mass is 288 g/mol. The van der Waals surface area contributed by atoms with Crippen molar-refractivity contribution in [3.63, 3.8) is 0 Å². The SMILES string of the molecule is CC(C1CC1)N(C)C(=O)CCn1c(=O)oc2ccccc21. The maximum Gasteiger partial charge on any atom is 0.419 e. The van der Waals surface area contributed by atoms with Crippen LogP contribution in [-0.4, -0.2) is 28.5 Å². The third-order valence-corrected chi connectivity index (χ3v) is 4.43. The summed E-state index contributed by atoms with van der Waals surface area (Å²) in [6.45, 7) is 2.45. The summed E-state index contributed by atoms with van der Waals surface area (Å²) in [5.41, 5.74) is 1.31. The van der Waals surface area contributed by atoms with Gasteiger partial charge in [-0.3, -0.25) is 9.36 Å². The predicted octanol–water partition coefficient (Wildman–Crippen LogP) is 2.24. The van der Waals surface area contributed by atoms with E-state index in [1.54, 1.807) is 6.07 Å². The van der Waals surface area contributed by atoms with Crippen molar-refractivity contribution < 1.29 is 9.21 Å². The molecule has 0 saturated heterocycles. The zero-order valence-corrected chi connectivity index (χ0v) is 12.4. The van der Waals surface area contributed by atoms with Gasteiger partial charge in [0.05, 0.1) is 5.52 Å². The maximum atomic E-state index is 12.2. The van der Waals surface area contributed by atoms with Crippen LogP contribution in [0.1, 0.15) is 26.2 Å². The van der Waals surface area contributed by atoms with E-state index in [1.165, 1.54) is 17.4 Å². The molecule has 1 unspecified atom stereocenters. The number of nitrogens with zero attached hydrogens (tertiary/aromatic N) is 2. The minimum absolute atomic E-state index is 0.0755. The predicted molar refractivity (Wildman–Crippen MR) is 80.0 cm³/mol. The highest BCUT2D eigenvalue weighted by atomic mass is 16.4. The topological polar surface area (TPSA) is 55.5 Å². The average molecular weight is 288 g/mol. The van der Waals surface area contributed by atoms with Gasteiger partial charge in [0, 0.05) is 26.1 Å². The van der Waals surface area contributed by atoms with Crippen LogP contribution in [0.5, 0.6) is 0 Å². The van der Waals surface area contributed by atoms with Crippen LogP contribution in [0.15, 0.2) is 33.5 Å². The van der Waals surface area contributed by atoms with Crippen LogP contribution in [-0.2, 0) is 11.3 Å². The molecule has 0 N–H and O–H groups in total. The molecule has 1 saturated carbocycles. The highest BCUT2D eigenvalue weighted by molar-refractivity contribution is 5.77. The zero-order chi connectivity index (χ0) is 15.0. The molecule has 1 aromatic carbocycles. The zero-order valence-electron chi connectivity index (χ0n) is 12.4. The normalized spacial score (nSPS) is 16.1. The van der Waals surface area contributed by atoms with Gasteiger partial charge in [0.1, 0.15) is 0 Å². The lowest BCUT2D eigenvalue weighted by Gasteiger charge is -2.24. The number of fused-ring (bicyclic) bond motifs is 1. The summed E-state index contributed by atoms with van der Waals surface area (Å²) in [6, 6.07) is 7.57. The Morgan fingerprint density at radius 1 is 1.43 bits per heavy atom. The number of para-hydroxylation sites is 2. The number of oxazole rings is 1. The van der Waals surface area contributed by atoms with Crippen LogP contribution < -0.4 is 5.76 Å². The first-order valence-corrected chi connectivity index (χ1v) is 7.42. The molecule has 112 valence electrons. The van der Waals surface area contributed by atoms with Crippen LogP contribution in [0, 0.1) is 5.92 Å². The van der Waals surface area contributed by atoms with E-state index < -0.39 is 5.76 Å². The second kappa shape index (κ2) is 5.39. The molecule has 1 atom stereocenters. The minimum Gasteiger partial charge on any atom is -0.408 e. The number of benzene rings is 1. The van der Waals surface area contributed by atoms with Crippen molar-refractivity contribution in [3.8, 4) is 0 Å². The molecule has 1 fully saturated rings. The fraction of sp³-hybridized carbons (Fsp3) is 0.500. The van der Waals surface area contributed by atoms with Gasteiger partial charge in [-0.15, -0.1) is 0 Å². The molecule has 0 bridgehead atoms. The van der Waals surface area contributed by atoms with Crippen LogP contribution >= 0.6 is 0 Å². The highest BCUT2D eigenvalue weighted by Crippen LogP contribution is 2.34. The van der Waals surface area contributed by atoms with Crippen LogP contribution in [0.2, 0.25) is 0 Å². The van der Waals surface area contributed by atoms with Gasteiger partial charge in [-0.2, -0.15) is 0 Å².